The van der Waals surface area contributed by atoms with Crippen molar-refractivity contribution in [1.82, 2.24) is 0 Å². The van der Waals surface area contributed by atoms with Gasteiger partial charge in [0, 0.05) is 22.2 Å². The third-order valence-electron chi connectivity index (χ3n) is 2.17. The normalized spacial score (nSPS) is 9.89. The van der Waals surface area contributed by atoms with Crippen molar-refractivity contribution >= 4 is 33.9 Å². The zero-order valence-corrected chi connectivity index (χ0v) is 11.1. The molecular formula is C11H10BrNO5. The van der Waals surface area contributed by atoms with E-state index in [1.54, 1.807) is 6.92 Å². The topological polar surface area (TPSA) is 86.5 Å². The van der Waals surface area contributed by atoms with Gasteiger partial charge in [0.2, 0.25) is 0 Å². The van der Waals surface area contributed by atoms with Crippen LogP contribution in [0.15, 0.2) is 16.6 Å². The summed E-state index contributed by atoms with van der Waals surface area (Å²) in [5.74, 6) is -0.534. The third kappa shape index (κ3) is 3.36. The van der Waals surface area contributed by atoms with Gasteiger partial charge in [-0.15, -0.1) is 0 Å². The molecule has 0 aliphatic carbocycles. The van der Waals surface area contributed by atoms with Gasteiger partial charge >= 0.3 is 5.97 Å². The number of benzene rings is 1. The van der Waals surface area contributed by atoms with E-state index in [4.69, 9.17) is 4.74 Å². The predicted molar refractivity (Wildman–Crippen MR) is 66.5 cm³/mol. The number of carbonyl (C=O) groups is 2. The van der Waals surface area contributed by atoms with Crippen LogP contribution < -0.4 is 0 Å². The fraction of sp³-hybridized carbons (Fsp3) is 0.273. The molecule has 6 nitrogen and oxygen atoms in total. The number of nitrogens with zero attached hydrogens (tertiary/aromatic N) is 1. The van der Waals surface area contributed by atoms with Gasteiger partial charge in [-0.1, -0.05) is 0 Å². The average molecular weight is 316 g/mol. The Balaban J connectivity index is 3.18. The number of hydrogen-bond acceptors (Lipinski definition) is 5. The van der Waals surface area contributed by atoms with Crippen LogP contribution in [0.2, 0.25) is 0 Å². The molecule has 0 radical (unpaired) electrons. The van der Waals surface area contributed by atoms with E-state index in [2.05, 4.69) is 15.9 Å². The summed E-state index contributed by atoms with van der Waals surface area (Å²) in [5.41, 5.74) is 0.296. The molecule has 1 aromatic rings. The lowest BCUT2D eigenvalue weighted by Gasteiger charge is -2.06. The highest BCUT2D eigenvalue weighted by molar-refractivity contribution is 9.10. The highest BCUT2D eigenvalue weighted by atomic mass is 79.9. The van der Waals surface area contributed by atoms with E-state index in [1.807, 2.05) is 0 Å². The molecule has 1 aromatic carbocycles. The minimum Gasteiger partial charge on any atom is -0.466 e. The Labute approximate surface area is 111 Å². The molecule has 0 aliphatic rings. The zero-order chi connectivity index (χ0) is 13.7. The fourth-order valence-electron chi connectivity index (χ4n) is 1.41. The van der Waals surface area contributed by atoms with Crippen LogP contribution in [-0.2, 0) is 16.0 Å². The molecule has 0 atom stereocenters. The summed E-state index contributed by atoms with van der Waals surface area (Å²) in [6.45, 7) is 1.87. The van der Waals surface area contributed by atoms with E-state index in [-0.39, 0.29) is 34.3 Å². The Morgan fingerprint density at radius 3 is 2.72 bits per heavy atom. The summed E-state index contributed by atoms with van der Waals surface area (Å²) in [4.78, 5) is 32.4. The fourth-order valence-corrected chi connectivity index (χ4v) is 1.99. The molecule has 0 spiro atoms. The molecular weight excluding hydrogens is 306 g/mol. The monoisotopic (exact) mass is 315 g/mol. The first kappa shape index (κ1) is 14.3. The second-order valence-electron chi connectivity index (χ2n) is 3.36. The van der Waals surface area contributed by atoms with E-state index in [0.717, 1.165) is 0 Å². The maximum Gasteiger partial charge on any atom is 0.310 e. The number of halogens is 1. The number of non-ortho nitro benzene ring substituents is 1. The lowest BCUT2D eigenvalue weighted by atomic mass is 10.0. The van der Waals surface area contributed by atoms with Gasteiger partial charge in [-0.25, -0.2) is 0 Å². The van der Waals surface area contributed by atoms with Gasteiger partial charge in [0.05, 0.1) is 18.0 Å². The van der Waals surface area contributed by atoms with Gasteiger partial charge < -0.3 is 4.74 Å². The number of hydrogen-bond donors (Lipinski definition) is 0. The number of rotatable bonds is 5. The maximum atomic E-state index is 11.3. The van der Waals surface area contributed by atoms with Crippen LogP contribution in [0, 0.1) is 10.1 Å². The summed E-state index contributed by atoms with van der Waals surface area (Å²) in [5, 5.41) is 10.7. The molecule has 0 bridgehead atoms. The maximum absolute atomic E-state index is 11.3. The molecule has 0 heterocycles. The van der Waals surface area contributed by atoms with Gasteiger partial charge in [0.1, 0.15) is 0 Å². The number of ether oxygens (including phenoxy) is 1. The molecule has 0 saturated carbocycles. The molecule has 0 fully saturated rings. The summed E-state index contributed by atoms with van der Waals surface area (Å²) in [7, 11) is 0. The van der Waals surface area contributed by atoms with E-state index in [0.29, 0.717) is 6.29 Å². The number of esters is 1. The van der Waals surface area contributed by atoms with Gasteiger partial charge in [-0.05, 0) is 28.4 Å². The lowest BCUT2D eigenvalue weighted by molar-refractivity contribution is -0.385. The lowest BCUT2D eigenvalue weighted by Crippen LogP contribution is -2.10. The predicted octanol–water partition coefficient (Wildman–Crippen LogP) is 2.28. The Morgan fingerprint density at radius 2 is 2.22 bits per heavy atom. The van der Waals surface area contributed by atoms with Crippen LogP contribution in [0.1, 0.15) is 22.8 Å². The van der Waals surface area contributed by atoms with Crippen LogP contribution in [-0.4, -0.2) is 23.8 Å². The summed E-state index contributed by atoms with van der Waals surface area (Å²) >= 11 is 3.07. The molecule has 7 heteroatoms. The van der Waals surface area contributed by atoms with Crippen LogP contribution >= 0.6 is 15.9 Å². The molecule has 0 unspecified atom stereocenters. The van der Waals surface area contributed by atoms with Crippen LogP contribution in [0.3, 0.4) is 0 Å². The Morgan fingerprint density at radius 1 is 1.56 bits per heavy atom. The third-order valence-corrected chi connectivity index (χ3v) is 2.82. The van der Waals surface area contributed by atoms with Crippen LogP contribution in [0.5, 0.6) is 0 Å². The van der Waals surface area contributed by atoms with Gasteiger partial charge in [0.15, 0.2) is 6.29 Å². The number of nitro benzene ring substituents is 1. The standard InChI is InChI=1S/C11H10BrNO5/c1-2-18-11(15)4-7-3-8(13(16)17)5-10(12)9(7)6-14/h3,5-6H,2,4H2,1H3. The van der Waals surface area contributed by atoms with Crippen molar-refractivity contribution < 1.29 is 19.2 Å². The van der Waals surface area contributed by atoms with Crippen molar-refractivity contribution in [3.05, 3.63) is 37.8 Å². The van der Waals surface area contributed by atoms with Gasteiger partial charge in [-0.3, -0.25) is 19.7 Å². The van der Waals surface area contributed by atoms with Crippen molar-refractivity contribution in [1.29, 1.82) is 0 Å². The first-order chi connectivity index (χ1) is 8.49. The summed E-state index contributed by atoms with van der Waals surface area (Å²) in [6.07, 6.45) is 0.366. The molecule has 0 aliphatic heterocycles. The molecule has 0 saturated heterocycles. The molecule has 1 rings (SSSR count). The molecule has 0 amide bonds. The van der Waals surface area contributed by atoms with Crippen molar-refractivity contribution in [2.45, 2.75) is 13.3 Å². The summed E-state index contributed by atoms with van der Waals surface area (Å²) in [6, 6.07) is 2.42. The number of carbonyl (C=O) groups excluding carboxylic acids is 2. The van der Waals surface area contributed by atoms with Crippen LogP contribution in [0.25, 0.3) is 0 Å². The van der Waals surface area contributed by atoms with Gasteiger partial charge in [0.25, 0.3) is 5.69 Å². The number of aldehydes is 1. The van der Waals surface area contributed by atoms with Crippen molar-refractivity contribution in [2.75, 3.05) is 6.61 Å². The Hall–Kier alpha value is -1.76. The smallest absolute Gasteiger partial charge is 0.310 e. The van der Waals surface area contributed by atoms with Crippen molar-refractivity contribution in [3.8, 4) is 0 Å². The van der Waals surface area contributed by atoms with Crippen LogP contribution in [0.4, 0.5) is 5.69 Å². The van der Waals surface area contributed by atoms with E-state index >= 15 is 0 Å². The average Bonchev–Trinajstić information content (AvgIpc) is 2.28. The first-order valence-electron chi connectivity index (χ1n) is 5.07. The van der Waals surface area contributed by atoms with E-state index in [9.17, 15) is 19.7 Å². The Kier molecular flexibility index (Phi) is 4.96. The minimum absolute atomic E-state index is 0.178. The highest BCUT2D eigenvalue weighted by Crippen LogP contribution is 2.26. The largest absolute Gasteiger partial charge is 0.466 e. The summed E-state index contributed by atoms with van der Waals surface area (Å²) < 4.78 is 5.03. The second-order valence-corrected chi connectivity index (χ2v) is 4.21. The zero-order valence-electron chi connectivity index (χ0n) is 9.51. The molecule has 0 N–H and O–H groups in total. The van der Waals surface area contributed by atoms with E-state index in [1.165, 1.54) is 12.1 Å². The molecule has 18 heavy (non-hydrogen) atoms. The first-order valence-corrected chi connectivity index (χ1v) is 5.86. The highest BCUT2D eigenvalue weighted by Gasteiger charge is 2.17. The SMILES string of the molecule is CCOC(=O)Cc1cc([N+](=O)[O-])cc(Br)c1C=O. The minimum atomic E-state index is -0.589. The Bertz CT molecular complexity index is 500. The van der Waals surface area contributed by atoms with Crippen molar-refractivity contribution in [2.24, 2.45) is 0 Å². The van der Waals surface area contributed by atoms with E-state index < -0.39 is 10.9 Å². The molecule has 0 aromatic heterocycles. The van der Waals surface area contributed by atoms with Gasteiger partial charge in [-0.2, -0.15) is 0 Å². The quantitative estimate of drug-likeness (QED) is 0.360. The number of nitro groups is 1. The van der Waals surface area contributed by atoms with Crippen molar-refractivity contribution in [3.63, 3.8) is 0 Å². The molecule has 96 valence electrons. The second kappa shape index (κ2) is 6.25.